The second-order valence-electron chi connectivity index (χ2n) is 7.09. The first-order chi connectivity index (χ1) is 9.44. The van der Waals surface area contributed by atoms with Gasteiger partial charge in [0, 0.05) is 12.1 Å². The van der Waals surface area contributed by atoms with Crippen LogP contribution in [0.2, 0.25) is 0 Å². The monoisotopic (exact) mass is 275 g/mol. The van der Waals surface area contributed by atoms with E-state index < -0.39 is 0 Å². The van der Waals surface area contributed by atoms with Crippen LogP contribution in [0.3, 0.4) is 0 Å². The molecule has 1 aromatic heterocycles. The van der Waals surface area contributed by atoms with Crippen LogP contribution in [0.4, 0.5) is 11.5 Å². The van der Waals surface area contributed by atoms with Crippen molar-refractivity contribution in [3.05, 3.63) is 17.8 Å². The number of nitrogens with one attached hydrogen (secondary N) is 2. The molecule has 1 aliphatic carbocycles. The lowest BCUT2D eigenvalue weighted by atomic mass is 9.89. The Morgan fingerprint density at radius 3 is 2.45 bits per heavy atom. The van der Waals surface area contributed by atoms with E-state index in [9.17, 15) is 0 Å². The first-order valence-electron chi connectivity index (χ1n) is 7.94. The Morgan fingerprint density at radius 2 is 1.85 bits per heavy atom. The Labute approximate surface area is 123 Å². The van der Waals surface area contributed by atoms with E-state index in [1.165, 1.54) is 37.8 Å². The Morgan fingerprint density at radius 1 is 1.15 bits per heavy atom. The first kappa shape index (κ1) is 15.1. The molecule has 2 N–H and O–H groups in total. The highest BCUT2D eigenvalue weighted by Gasteiger charge is 2.14. The molecule has 112 valence electrons. The summed E-state index contributed by atoms with van der Waals surface area (Å²) < 4.78 is 0. The van der Waals surface area contributed by atoms with Gasteiger partial charge in [0.2, 0.25) is 0 Å². The molecule has 0 radical (unpaired) electrons. The number of anilines is 2. The summed E-state index contributed by atoms with van der Waals surface area (Å²) >= 11 is 0. The number of aromatic nitrogens is 1. The van der Waals surface area contributed by atoms with Crippen LogP contribution in [0.1, 0.15) is 58.6 Å². The smallest absolute Gasteiger partial charge is 0.126 e. The van der Waals surface area contributed by atoms with Gasteiger partial charge in [-0.2, -0.15) is 0 Å². The number of aryl methyl sites for hydroxylation is 1. The lowest BCUT2D eigenvalue weighted by Gasteiger charge is -2.24. The molecule has 0 atom stereocenters. The number of pyridine rings is 1. The molecule has 0 aliphatic heterocycles. The molecule has 2 rings (SSSR count). The van der Waals surface area contributed by atoms with Gasteiger partial charge in [0.05, 0.1) is 11.4 Å². The van der Waals surface area contributed by atoms with Crippen molar-refractivity contribution in [1.82, 2.24) is 4.98 Å². The summed E-state index contributed by atoms with van der Waals surface area (Å²) in [6.45, 7) is 9.63. The highest BCUT2D eigenvalue weighted by atomic mass is 15.0. The number of hydrogen-bond donors (Lipinski definition) is 2. The van der Waals surface area contributed by atoms with Crippen LogP contribution in [0.5, 0.6) is 0 Å². The van der Waals surface area contributed by atoms with E-state index in [1.807, 2.05) is 0 Å². The second-order valence-corrected chi connectivity index (χ2v) is 7.09. The third kappa shape index (κ3) is 4.69. The van der Waals surface area contributed by atoms with Crippen LogP contribution < -0.4 is 10.6 Å². The minimum atomic E-state index is 0.0521. The highest BCUT2D eigenvalue weighted by Crippen LogP contribution is 2.25. The standard InChI is InChI=1S/C17H29N3/c1-13-15(18-12-14-8-6-5-7-9-14)10-11-16(19-13)20-17(2,3)4/h10-11,14,18H,5-9,12H2,1-4H3,(H,19,20). The molecule has 0 amide bonds. The van der Waals surface area contributed by atoms with E-state index in [0.29, 0.717) is 0 Å². The van der Waals surface area contributed by atoms with E-state index in [4.69, 9.17) is 0 Å². The predicted octanol–water partition coefficient (Wildman–Crippen LogP) is 4.59. The predicted molar refractivity (Wildman–Crippen MR) is 87.4 cm³/mol. The Bertz CT molecular complexity index is 428. The Balaban J connectivity index is 1.92. The van der Waals surface area contributed by atoms with Crippen LogP contribution >= 0.6 is 0 Å². The summed E-state index contributed by atoms with van der Waals surface area (Å²) in [6, 6.07) is 4.22. The summed E-state index contributed by atoms with van der Waals surface area (Å²) in [5, 5.41) is 7.00. The van der Waals surface area contributed by atoms with Crippen molar-refractivity contribution in [1.29, 1.82) is 0 Å². The van der Waals surface area contributed by atoms with Gasteiger partial charge in [-0.15, -0.1) is 0 Å². The fraction of sp³-hybridized carbons (Fsp3) is 0.706. The molecule has 1 fully saturated rings. The van der Waals surface area contributed by atoms with Crippen LogP contribution in [-0.4, -0.2) is 17.1 Å². The molecule has 0 spiro atoms. The second kappa shape index (κ2) is 6.47. The zero-order valence-corrected chi connectivity index (χ0v) is 13.4. The summed E-state index contributed by atoms with van der Waals surface area (Å²) in [4.78, 5) is 4.65. The summed E-state index contributed by atoms with van der Waals surface area (Å²) in [5.74, 6) is 1.80. The fourth-order valence-electron chi connectivity index (χ4n) is 2.85. The van der Waals surface area contributed by atoms with E-state index in [0.717, 1.165) is 24.0 Å². The van der Waals surface area contributed by atoms with Crippen molar-refractivity contribution in [3.63, 3.8) is 0 Å². The molecular formula is C17H29N3. The molecule has 0 saturated heterocycles. The minimum absolute atomic E-state index is 0.0521. The lowest BCUT2D eigenvalue weighted by molar-refractivity contribution is 0.373. The van der Waals surface area contributed by atoms with Gasteiger partial charge in [-0.1, -0.05) is 19.3 Å². The average Bonchev–Trinajstić information content (AvgIpc) is 2.37. The van der Waals surface area contributed by atoms with Crippen LogP contribution in [-0.2, 0) is 0 Å². The SMILES string of the molecule is Cc1nc(NC(C)(C)C)ccc1NCC1CCCCC1. The van der Waals surface area contributed by atoms with E-state index in [2.05, 4.69) is 55.4 Å². The summed E-state index contributed by atoms with van der Waals surface area (Å²) in [6.07, 6.45) is 6.98. The average molecular weight is 275 g/mol. The Hall–Kier alpha value is -1.25. The van der Waals surface area contributed by atoms with Crippen LogP contribution in [0.25, 0.3) is 0 Å². The molecule has 0 unspecified atom stereocenters. The first-order valence-corrected chi connectivity index (χ1v) is 7.94. The molecule has 1 saturated carbocycles. The number of rotatable bonds is 4. The molecule has 0 bridgehead atoms. The molecule has 3 nitrogen and oxygen atoms in total. The minimum Gasteiger partial charge on any atom is -0.383 e. The van der Waals surface area contributed by atoms with Gasteiger partial charge >= 0.3 is 0 Å². The van der Waals surface area contributed by atoms with E-state index in [-0.39, 0.29) is 5.54 Å². The van der Waals surface area contributed by atoms with E-state index in [1.54, 1.807) is 0 Å². The maximum atomic E-state index is 4.65. The molecule has 1 aliphatic rings. The Kier molecular flexibility index (Phi) is 4.90. The van der Waals surface area contributed by atoms with Crippen LogP contribution in [0, 0.1) is 12.8 Å². The van der Waals surface area contributed by atoms with Crippen molar-refractivity contribution >= 4 is 11.5 Å². The van der Waals surface area contributed by atoms with Crippen molar-refractivity contribution in [2.75, 3.05) is 17.2 Å². The molecular weight excluding hydrogens is 246 g/mol. The lowest BCUT2D eigenvalue weighted by Crippen LogP contribution is -2.26. The third-order valence-electron chi connectivity index (χ3n) is 3.89. The van der Waals surface area contributed by atoms with Crippen molar-refractivity contribution in [2.45, 2.75) is 65.3 Å². The zero-order valence-electron chi connectivity index (χ0n) is 13.4. The van der Waals surface area contributed by atoms with Crippen molar-refractivity contribution in [2.24, 2.45) is 5.92 Å². The van der Waals surface area contributed by atoms with E-state index >= 15 is 0 Å². The molecule has 1 aromatic rings. The van der Waals surface area contributed by atoms with Crippen LogP contribution in [0.15, 0.2) is 12.1 Å². The van der Waals surface area contributed by atoms with Crippen molar-refractivity contribution in [3.8, 4) is 0 Å². The van der Waals surface area contributed by atoms with Gasteiger partial charge < -0.3 is 10.6 Å². The normalized spacial score (nSPS) is 17.0. The highest BCUT2D eigenvalue weighted by molar-refractivity contribution is 5.53. The van der Waals surface area contributed by atoms with Gasteiger partial charge in [0.15, 0.2) is 0 Å². The van der Waals surface area contributed by atoms with Crippen molar-refractivity contribution < 1.29 is 0 Å². The van der Waals surface area contributed by atoms with Gasteiger partial charge in [-0.3, -0.25) is 0 Å². The molecule has 1 heterocycles. The topological polar surface area (TPSA) is 37.0 Å². The number of hydrogen-bond acceptors (Lipinski definition) is 3. The molecule has 3 heteroatoms. The quantitative estimate of drug-likeness (QED) is 0.843. The third-order valence-corrected chi connectivity index (χ3v) is 3.89. The maximum absolute atomic E-state index is 4.65. The van der Waals surface area contributed by atoms with Gasteiger partial charge in [0.1, 0.15) is 5.82 Å². The summed E-state index contributed by atoms with van der Waals surface area (Å²) in [5.41, 5.74) is 2.31. The zero-order chi connectivity index (χ0) is 14.6. The number of nitrogens with zero attached hydrogens (tertiary/aromatic N) is 1. The summed E-state index contributed by atoms with van der Waals surface area (Å²) in [7, 11) is 0. The maximum Gasteiger partial charge on any atom is 0.126 e. The fourth-order valence-corrected chi connectivity index (χ4v) is 2.85. The molecule has 0 aromatic carbocycles. The van der Waals surface area contributed by atoms with Gasteiger partial charge in [0.25, 0.3) is 0 Å². The largest absolute Gasteiger partial charge is 0.383 e. The van der Waals surface area contributed by atoms with Gasteiger partial charge in [-0.05, 0) is 58.6 Å². The molecule has 20 heavy (non-hydrogen) atoms. The van der Waals surface area contributed by atoms with Gasteiger partial charge in [-0.25, -0.2) is 4.98 Å².